The number of hydrogen-bond acceptors (Lipinski definition) is 11. The maximum absolute atomic E-state index is 11.6. The third-order valence-electron chi connectivity index (χ3n) is 6.10. The average molecular weight is 564 g/mol. The second-order valence-electron chi connectivity index (χ2n) is 10.9. The molecule has 0 aliphatic carbocycles. The lowest BCUT2D eigenvalue weighted by Gasteiger charge is -2.21. The molecule has 3 N–H and O–H groups in total. The molecule has 0 rings (SSSR count). The van der Waals surface area contributed by atoms with Crippen molar-refractivity contribution in [3.05, 3.63) is 12.2 Å². The quantitative estimate of drug-likeness (QED) is 0.104. The van der Waals surface area contributed by atoms with E-state index in [0.29, 0.717) is 19.6 Å². The van der Waals surface area contributed by atoms with Crippen molar-refractivity contribution in [3.8, 4) is 0 Å². The van der Waals surface area contributed by atoms with Gasteiger partial charge in [0.25, 0.3) is 0 Å². The molecule has 11 nitrogen and oxygen atoms in total. The summed E-state index contributed by atoms with van der Waals surface area (Å²) in [6.45, 7) is 22.0. The number of methoxy groups -OCH3 is 1. The van der Waals surface area contributed by atoms with Gasteiger partial charge in [0.1, 0.15) is 25.9 Å². The van der Waals surface area contributed by atoms with Crippen molar-refractivity contribution in [2.45, 2.75) is 94.6 Å². The van der Waals surface area contributed by atoms with Crippen LogP contribution in [0.1, 0.15) is 88.5 Å². The first-order chi connectivity index (χ1) is 17.8. The van der Waals surface area contributed by atoms with Crippen LogP contribution in [0.4, 0.5) is 0 Å². The summed E-state index contributed by atoms with van der Waals surface area (Å²) in [5.41, 5.74) is -1.12. The largest absolute Gasteiger partial charge is 0.463 e. The molecule has 0 fully saturated rings. The molecule has 1 atom stereocenters. The van der Waals surface area contributed by atoms with E-state index in [1.807, 2.05) is 34.6 Å². The summed E-state index contributed by atoms with van der Waals surface area (Å²) in [6, 6.07) is 0. The predicted molar refractivity (Wildman–Crippen MR) is 148 cm³/mol. The van der Waals surface area contributed by atoms with Crippen LogP contribution in [0.5, 0.6) is 0 Å². The molecule has 0 radical (unpaired) electrons. The number of aliphatic hydroxyl groups is 1. The van der Waals surface area contributed by atoms with Crippen LogP contribution < -0.4 is 5.90 Å². The van der Waals surface area contributed by atoms with E-state index in [4.69, 9.17) is 18.9 Å². The second kappa shape index (κ2) is 20.4. The summed E-state index contributed by atoms with van der Waals surface area (Å²) in [7, 11) is 1.58. The summed E-state index contributed by atoms with van der Waals surface area (Å²) in [5.74, 6) is 3.22. The molecule has 0 aromatic carbocycles. The van der Waals surface area contributed by atoms with Gasteiger partial charge >= 0.3 is 23.9 Å². The van der Waals surface area contributed by atoms with Crippen LogP contribution in [0.3, 0.4) is 0 Å². The van der Waals surface area contributed by atoms with Crippen molar-refractivity contribution < 1.29 is 48.1 Å². The van der Waals surface area contributed by atoms with Crippen molar-refractivity contribution in [2.24, 2.45) is 22.1 Å². The maximum Gasteiger partial charge on any atom is 0.333 e. The SMILES string of the molecule is C=C(C)C(=O)OCC(O)COC(=O)C(C)(C)CC.CCC(C)(C)C(=O)OCCOC.CCC(C)(C)C(=O)ON. The van der Waals surface area contributed by atoms with Crippen LogP contribution in [-0.2, 0) is 43.0 Å². The van der Waals surface area contributed by atoms with Gasteiger partial charge in [-0.3, -0.25) is 9.59 Å². The van der Waals surface area contributed by atoms with Gasteiger partial charge in [-0.25, -0.2) is 9.59 Å². The van der Waals surface area contributed by atoms with Gasteiger partial charge in [0.15, 0.2) is 0 Å². The highest BCUT2D eigenvalue weighted by molar-refractivity contribution is 5.86. The Morgan fingerprint density at radius 1 is 0.744 bits per heavy atom. The molecule has 0 aromatic rings. The van der Waals surface area contributed by atoms with Crippen molar-refractivity contribution in [1.82, 2.24) is 0 Å². The van der Waals surface area contributed by atoms with Crippen molar-refractivity contribution in [3.63, 3.8) is 0 Å². The molecule has 0 aromatic heterocycles. The van der Waals surface area contributed by atoms with E-state index in [9.17, 15) is 24.3 Å². The molecule has 39 heavy (non-hydrogen) atoms. The summed E-state index contributed by atoms with van der Waals surface area (Å²) < 4.78 is 19.4. The van der Waals surface area contributed by atoms with Crippen LogP contribution in [0, 0.1) is 16.2 Å². The van der Waals surface area contributed by atoms with Crippen LogP contribution in [0.25, 0.3) is 0 Å². The molecule has 0 saturated heterocycles. The van der Waals surface area contributed by atoms with Gasteiger partial charge in [0.05, 0.1) is 22.9 Å². The molecular weight excluding hydrogens is 510 g/mol. The van der Waals surface area contributed by atoms with Gasteiger partial charge in [-0.1, -0.05) is 27.4 Å². The molecule has 0 heterocycles. The van der Waals surface area contributed by atoms with Crippen molar-refractivity contribution in [1.29, 1.82) is 0 Å². The Morgan fingerprint density at radius 2 is 1.13 bits per heavy atom. The molecule has 11 heteroatoms. The highest BCUT2D eigenvalue weighted by Gasteiger charge is 2.28. The number of esters is 3. The zero-order valence-corrected chi connectivity index (χ0v) is 25.9. The predicted octanol–water partition coefficient (Wildman–Crippen LogP) is 3.90. The number of rotatable bonds is 14. The van der Waals surface area contributed by atoms with Gasteiger partial charge in [-0.05, 0) is 67.7 Å². The Balaban J connectivity index is -0.000000534. The summed E-state index contributed by atoms with van der Waals surface area (Å²) in [6.07, 6.45) is 1.15. The Hall–Kier alpha value is -2.50. The molecule has 0 bridgehead atoms. The van der Waals surface area contributed by atoms with Gasteiger partial charge in [-0.15, -0.1) is 0 Å². The van der Waals surface area contributed by atoms with E-state index in [-0.39, 0.29) is 42.1 Å². The first-order valence-electron chi connectivity index (χ1n) is 13.0. The average Bonchev–Trinajstić information content (AvgIpc) is 2.90. The molecule has 0 aliphatic rings. The fraction of sp³-hybridized carbons (Fsp3) is 0.786. The van der Waals surface area contributed by atoms with Crippen molar-refractivity contribution in [2.75, 3.05) is 33.5 Å². The van der Waals surface area contributed by atoms with E-state index in [0.717, 1.165) is 12.8 Å². The molecule has 0 spiro atoms. The summed E-state index contributed by atoms with van der Waals surface area (Å²) >= 11 is 0. The first-order valence-corrected chi connectivity index (χ1v) is 13.0. The maximum atomic E-state index is 11.6. The summed E-state index contributed by atoms with van der Waals surface area (Å²) in [4.78, 5) is 48.7. The number of ether oxygens (including phenoxy) is 4. The molecule has 0 aliphatic heterocycles. The van der Waals surface area contributed by atoms with Crippen LogP contribution in [0.15, 0.2) is 12.2 Å². The fourth-order valence-electron chi connectivity index (χ4n) is 1.72. The van der Waals surface area contributed by atoms with Gasteiger partial charge in [-0.2, -0.15) is 5.90 Å². The minimum Gasteiger partial charge on any atom is -0.463 e. The summed E-state index contributed by atoms with van der Waals surface area (Å²) in [5, 5.41) is 9.48. The normalized spacial score (nSPS) is 11.9. The first kappa shape index (κ1) is 41.0. The molecule has 0 amide bonds. The van der Waals surface area contributed by atoms with E-state index in [1.165, 1.54) is 6.92 Å². The van der Waals surface area contributed by atoms with Crippen LogP contribution in [-0.4, -0.2) is 68.6 Å². The minimum atomic E-state index is -1.02. The zero-order chi connectivity index (χ0) is 31.4. The second-order valence-corrected chi connectivity index (χ2v) is 10.9. The number of hydrogen-bond donors (Lipinski definition) is 2. The molecule has 1 unspecified atom stereocenters. The standard InChI is InChI=1S/C13H22O5.C9H18O3.C6H13NO2/c1-6-13(4,5)12(16)18-8-10(14)7-17-11(15)9(2)3;1-5-9(2,3)8(10)12-7-6-11-4;1-4-6(2,3)5(8)9-7/h10,14H,2,6-8H2,1,3-5H3;5-7H2,1-4H3;4,7H2,1-3H3. The number of carbonyl (C=O) groups is 4. The number of aliphatic hydroxyl groups excluding tert-OH is 1. The van der Waals surface area contributed by atoms with E-state index in [1.54, 1.807) is 34.8 Å². The van der Waals surface area contributed by atoms with Gasteiger partial charge in [0.2, 0.25) is 0 Å². The Labute approximate surface area is 234 Å². The van der Waals surface area contributed by atoms with E-state index in [2.05, 4.69) is 17.3 Å². The molecule has 230 valence electrons. The minimum absolute atomic E-state index is 0.151. The smallest absolute Gasteiger partial charge is 0.333 e. The number of nitrogens with two attached hydrogens (primary N) is 1. The Kier molecular flexibility index (Phi) is 21.5. The third-order valence-corrected chi connectivity index (χ3v) is 6.10. The van der Waals surface area contributed by atoms with E-state index < -0.39 is 22.9 Å². The van der Waals surface area contributed by atoms with Crippen molar-refractivity contribution >= 4 is 23.9 Å². The Bertz CT molecular complexity index is 759. The van der Waals surface area contributed by atoms with Crippen LogP contribution in [0.2, 0.25) is 0 Å². The number of carbonyl (C=O) groups excluding carboxylic acids is 4. The highest BCUT2D eigenvalue weighted by atomic mass is 16.7. The van der Waals surface area contributed by atoms with Crippen LogP contribution >= 0.6 is 0 Å². The monoisotopic (exact) mass is 563 g/mol. The molecule has 0 saturated carbocycles. The van der Waals surface area contributed by atoms with Gasteiger partial charge < -0.3 is 28.9 Å². The lowest BCUT2D eigenvalue weighted by atomic mass is 9.91. The lowest BCUT2D eigenvalue weighted by molar-refractivity contribution is -0.159. The third kappa shape index (κ3) is 19.2. The molecular formula is C28H53NO10. The highest BCUT2D eigenvalue weighted by Crippen LogP contribution is 2.22. The van der Waals surface area contributed by atoms with E-state index >= 15 is 0 Å². The topological polar surface area (TPSA) is 161 Å². The Morgan fingerprint density at radius 3 is 1.46 bits per heavy atom. The zero-order valence-electron chi connectivity index (χ0n) is 25.9. The van der Waals surface area contributed by atoms with Gasteiger partial charge in [0, 0.05) is 12.7 Å². The fourth-order valence-corrected chi connectivity index (χ4v) is 1.72. The lowest BCUT2D eigenvalue weighted by Crippen LogP contribution is -2.31.